The van der Waals surface area contributed by atoms with Gasteiger partial charge in [-0.15, -0.1) is 0 Å². The van der Waals surface area contributed by atoms with Crippen molar-refractivity contribution in [3.8, 4) is 0 Å². The lowest BCUT2D eigenvalue weighted by Crippen LogP contribution is -2.69. The fourth-order valence-corrected chi connectivity index (χ4v) is 6.50. The van der Waals surface area contributed by atoms with E-state index in [4.69, 9.17) is 4.74 Å². The Labute approximate surface area is 142 Å². The van der Waals surface area contributed by atoms with Crippen LogP contribution in [0.5, 0.6) is 0 Å². The Hall–Kier alpha value is -1.60. The van der Waals surface area contributed by atoms with E-state index in [2.05, 4.69) is 17.0 Å². The van der Waals surface area contributed by atoms with Crippen LogP contribution >= 0.6 is 0 Å². The Bertz CT molecular complexity index is 809. The first-order valence-corrected chi connectivity index (χ1v) is 9.77. The Morgan fingerprint density at radius 3 is 2.79 bits per heavy atom. The molecule has 0 unspecified atom stereocenters. The number of sulfonamides is 1. The summed E-state index contributed by atoms with van der Waals surface area (Å²) in [6.45, 7) is 2.07. The maximum Gasteiger partial charge on any atom is 0.309 e. The van der Waals surface area contributed by atoms with E-state index in [0.29, 0.717) is 18.5 Å². The van der Waals surface area contributed by atoms with Crippen LogP contribution in [0.3, 0.4) is 0 Å². The van der Waals surface area contributed by atoms with Crippen molar-refractivity contribution in [2.45, 2.75) is 43.2 Å². The van der Waals surface area contributed by atoms with Gasteiger partial charge in [-0.3, -0.25) is 4.79 Å². The second kappa shape index (κ2) is 4.95. The normalized spacial score (nSPS) is 39.1. The van der Waals surface area contributed by atoms with E-state index in [1.807, 2.05) is 6.07 Å². The second-order valence-electron chi connectivity index (χ2n) is 7.58. The van der Waals surface area contributed by atoms with Gasteiger partial charge in [0.1, 0.15) is 10.6 Å². The molecule has 4 atom stereocenters. The lowest BCUT2D eigenvalue weighted by atomic mass is 9.52. The van der Waals surface area contributed by atoms with Crippen molar-refractivity contribution in [2.24, 2.45) is 17.3 Å². The summed E-state index contributed by atoms with van der Waals surface area (Å²) in [4.78, 5) is 12.5. The predicted octanol–water partition coefficient (Wildman–Crippen LogP) is 2.09. The smallest absolute Gasteiger partial charge is 0.309 e. The molecule has 1 aliphatic heterocycles. The van der Waals surface area contributed by atoms with Crippen molar-refractivity contribution in [3.05, 3.63) is 24.3 Å². The van der Waals surface area contributed by atoms with E-state index in [0.717, 1.165) is 12.8 Å². The molecule has 0 radical (unpaired) electrons. The maximum atomic E-state index is 12.8. The van der Waals surface area contributed by atoms with Gasteiger partial charge in [0.25, 0.3) is 0 Å². The van der Waals surface area contributed by atoms with Crippen LogP contribution in [-0.2, 0) is 19.6 Å². The minimum atomic E-state index is -3.57. The first kappa shape index (κ1) is 15.9. The second-order valence-corrected chi connectivity index (χ2v) is 9.23. The third-order valence-corrected chi connectivity index (χ3v) is 7.71. The topological polar surface area (TPSA) is 84.5 Å². The highest BCUT2D eigenvalue weighted by atomic mass is 32.2. The molecule has 3 aliphatic carbocycles. The first-order valence-electron chi connectivity index (χ1n) is 8.29. The van der Waals surface area contributed by atoms with Gasteiger partial charge in [-0.05, 0) is 49.1 Å². The fourth-order valence-electron chi connectivity index (χ4n) is 4.96. The average Bonchev–Trinajstić information content (AvgIpc) is 2.53. The van der Waals surface area contributed by atoms with Crippen LogP contribution in [0.4, 0.5) is 5.69 Å². The zero-order chi connectivity index (χ0) is 17.2. The van der Waals surface area contributed by atoms with Crippen molar-refractivity contribution in [1.82, 2.24) is 4.72 Å². The highest BCUT2D eigenvalue weighted by Gasteiger charge is 2.61. The fraction of sp³-hybridized carbons (Fsp3) is 0.588. The number of hydrogen-bond donors (Lipinski definition) is 2. The summed E-state index contributed by atoms with van der Waals surface area (Å²) in [7, 11) is -2.15. The number of rotatable bonds is 1. The average molecular weight is 350 g/mol. The number of carbonyl (C=O) groups excluding carboxylic acids is 1. The van der Waals surface area contributed by atoms with Crippen LogP contribution in [0.15, 0.2) is 29.2 Å². The molecule has 7 heteroatoms. The molecule has 3 fully saturated rings. The maximum absolute atomic E-state index is 12.8. The molecule has 6 nitrogen and oxygen atoms in total. The number of benzene rings is 1. The molecule has 1 aromatic carbocycles. The highest BCUT2D eigenvalue weighted by Crippen LogP contribution is 2.59. The van der Waals surface area contributed by atoms with Crippen molar-refractivity contribution in [2.75, 3.05) is 12.4 Å². The molecular formula is C17H22N2O4S. The summed E-state index contributed by atoms with van der Waals surface area (Å²) >= 11 is 0. The van der Waals surface area contributed by atoms with Crippen LogP contribution in [0.25, 0.3) is 0 Å². The predicted molar refractivity (Wildman–Crippen MR) is 88.7 cm³/mol. The number of fused-ring (bicyclic) bond motifs is 3. The Morgan fingerprint density at radius 2 is 2.08 bits per heavy atom. The molecule has 1 heterocycles. The summed E-state index contributed by atoms with van der Waals surface area (Å²) in [6.07, 6.45) is 3.02. The summed E-state index contributed by atoms with van der Waals surface area (Å²) in [5.74, 6) is -0.293. The summed E-state index contributed by atoms with van der Waals surface area (Å²) in [5.41, 5.74) is -0.351. The standard InChI is InChI=1S/C17H22N2O4S/c1-16-8-7-11(9-12(16)15(20)23-2)17(10-16)18-13-5-3-4-6-14(13)24(21,22)19-17/h3-6,11-12,18-19H,7-10H2,1-2H3/t11-,12-,16+,17-/m1/s1. The molecule has 2 bridgehead atoms. The zero-order valence-corrected chi connectivity index (χ0v) is 14.7. The number of hydrogen-bond acceptors (Lipinski definition) is 5. The van der Waals surface area contributed by atoms with Gasteiger partial charge in [-0.1, -0.05) is 19.1 Å². The van der Waals surface area contributed by atoms with E-state index in [9.17, 15) is 13.2 Å². The number of carbonyl (C=O) groups is 1. The molecule has 0 aromatic heterocycles. The van der Waals surface area contributed by atoms with E-state index >= 15 is 0 Å². The zero-order valence-electron chi connectivity index (χ0n) is 13.8. The molecule has 3 saturated carbocycles. The molecule has 24 heavy (non-hydrogen) atoms. The van der Waals surface area contributed by atoms with E-state index in [-0.39, 0.29) is 28.1 Å². The summed E-state index contributed by atoms with van der Waals surface area (Å²) in [5, 5.41) is 3.46. The number of esters is 1. The Balaban J connectivity index is 1.76. The molecule has 5 rings (SSSR count). The van der Waals surface area contributed by atoms with E-state index in [1.165, 1.54) is 7.11 Å². The first-order chi connectivity index (χ1) is 11.3. The molecule has 0 amide bonds. The van der Waals surface area contributed by atoms with Crippen LogP contribution in [0.1, 0.15) is 32.6 Å². The SMILES string of the molecule is COC(=O)[C@H]1C[C@H]2CC[C@@]1(C)C[C@]21Nc2ccccc2S(=O)(=O)N1. The van der Waals surface area contributed by atoms with Crippen molar-refractivity contribution in [1.29, 1.82) is 0 Å². The molecule has 4 aliphatic rings. The minimum Gasteiger partial charge on any atom is -0.469 e. The molecule has 130 valence electrons. The lowest BCUT2D eigenvalue weighted by molar-refractivity contribution is -0.160. The third-order valence-electron chi connectivity index (χ3n) is 6.14. The molecule has 1 aromatic rings. The summed E-state index contributed by atoms with van der Waals surface area (Å²) < 4.78 is 33.4. The van der Waals surface area contributed by atoms with Gasteiger partial charge < -0.3 is 10.1 Å². The van der Waals surface area contributed by atoms with Crippen LogP contribution in [0.2, 0.25) is 0 Å². The lowest BCUT2D eigenvalue weighted by Gasteiger charge is -2.60. The monoisotopic (exact) mass is 350 g/mol. The molecule has 0 saturated heterocycles. The molecular weight excluding hydrogens is 328 g/mol. The highest BCUT2D eigenvalue weighted by molar-refractivity contribution is 7.89. The van der Waals surface area contributed by atoms with E-state index < -0.39 is 15.7 Å². The number of para-hydroxylation sites is 1. The van der Waals surface area contributed by atoms with Crippen molar-refractivity contribution < 1.29 is 17.9 Å². The van der Waals surface area contributed by atoms with Gasteiger partial charge >= 0.3 is 5.97 Å². The van der Waals surface area contributed by atoms with Crippen LogP contribution in [-0.4, -0.2) is 27.2 Å². The number of ether oxygens (including phenoxy) is 1. The number of methoxy groups -OCH3 is 1. The van der Waals surface area contributed by atoms with Gasteiger partial charge in [0.05, 0.1) is 18.7 Å². The van der Waals surface area contributed by atoms with Crippen molar-refractivity contribution >= 4 is 21.7 Å². The number of anilines is 1. The van der Waals surface area contributed by atoms with Gasteiger partial charge in [0, 0.05) is 0 Å². The van der Waals surface area contributed by atoms with Gasteiger partial charge in [-0.25, -0.2) is 8.42 Å². The Morgan fingerprint density at radius 1 is 1.33 bits per heavy atom. The van der Waals surface area contributed by atoms with Gasteiger partial charge in [0.15, 0.2) is 0 Å². The van der Waals surface area contributed by atoms with Crippen molar-refractivity contribution in [3.63, 3.8) is 0 Å². The molecule has 1 spiro atoms. The molecule has 2 N–H and O–H groups in total. The van der Waals surface area contributed by atoms with E-state index in [1.54, 1.807) is 18.2 Å². The van der Waals surface area contributed by atoms with Gasteiger partial charge in [0.2, 0.25) is 10.0 Å². The number of nitrogens with one attached hydrogen (secondary N) is 2. The van der Waals surface area contributed by atoms with Crippen LogP contribution < -0.4 is 10.0 Å². The van der Waals surface area contributed by atoms with Crippen LogP contribution in [0, 0.1) is 17.3 Å². The quantitative estimate of drug-likeness (QED) is 0.758. The largest absolute Gasteiger partial charge is 0.469 e. The minimum absolute atomic E-state index is 0.0616. The summed E-state index contributed by atoms with van der Waals surface area (Å²) in [6, 6.07) is 6.97. The Kier molecular flexibility index (Phi) is 3.28. The van der Waals surface area contributed by atoms with Gasteiger partial charge in [-0.2, -0.15) is 4.72 Å². The third kappa shape index (κ3) is 2.10.